The highest BCUT2D eigenvalue weighted by Crippen LogP contribution is 2.34. The van der Waals surface area contributed by atoms with Crippen LogP contribution in [-0.2, 0) is 0 Å². The van der Waals surface area contributed by atoms with Gasteiger partial charge in [0.2, 0.25) is 0 Å². The van der Waals surface area contributed by atoms with Gasteiger partial charge >= 0.3 is 0 Å². The number of hydrogen-bond acceptors (Lipinski definition) is 2. The third kappa shape index (κ3) is 2.76. The van der Waals surface area contributed by atoms with Crippen molar-refractivity contribution in [2.45, 2.75) is 6.92 Å². The number of rotatable bonds is 3. The van der Waals surface area contributed by atoms with E-state index in [1.165, 1.54) is 6.92 Å². The van der Waals surface area contributed by atoms with Crippen LogP contribution in [0.15, 0.2) is 60.7 Å². The lowest BCUT2D eigenvalue weighted by Crippen LogP contribution is -1.93. The predicted molar refractivity (Wildman–Crippen MR) is 85.5 cm³/mol. The smallest absolute Gasteiger partial charge is 0.159 e. The minimum absolute atomic E-state index is 0.0152. The predicted octanol–water partition coefficient (Wildman–Crippen LogP) is 5.49. The number of ether oxygens (including phenoxy) is 1. The van der Waals surface area contributed by atoms with Crippen LogP contribution >= 0.6 is 11.6 Å². The van der Waals surface area contributed by atoms with Crippen LogP contribution in [0.3, 0.4) is 0 Å². The van der Waals surface area contributed by atoms with Crippen molar-refractivity contribution < 1.29 is 9.53 Å². The average molecular weight is 297 g/mol. The van der Waals surface area contributed by atoms with Gasteiger partial charge in [0.1, 0.15) is 11.5 Å². The minimum Gasteiger partial charge on any atom is -0.457 e. The molecule has 0 unspecified atom stereocenters. The molecule has 0 heterocycles. The first-order chi connectivity index (χ1) is 10.1. The van der Waals surface area contributed by atoms with Crippen molar-refractivity contribution in [3.05, 3.63) is 71.2 Å². The van der Waals surface area contributed by atoms with Crippen molar-refractivity contribution in [2.75, 3.05) is 0 Å². The van der Waals surface area contributed by atoms with Crippen LogP contribution in [0.2, 0.25) is 5.02 Å². The van der Waals surface area contributed by atoms with Crippen LogP contribution in [0.5, 0.6) is 11.5 Å². The normalized spacial score (nSPS) is 10.6. The molecular formula is C18H13ClO2. The molecule has 0 bridgehead atoms. The van der Waals surface area contributed by atoms with Gasteiger partial charge in [-0.3, -0.25) is 4.79 Å². The summed E-state index contributed by atoms with van der Waals surface area (Å²) in [5, 5.41) is 2.58. The molecule has 0 aromatic heterocycles. The van der Waals surface area contributed by atoms with E-state index in [9.17, 15) is 4.79 Å². The summed E-state index contributed by atoms with van der Waals surface area (Å²) in [5.41, 5.74) is 0.630. The highest BCUT2D eigenvalue weighted by Gasteiger charge is 2.07. The number of benzene rings is 3. The monoisotopic (exact) mass is 296 g/mol. The number of hydrogen-bond donors (Lipinski definition) is 0. The van der Waals surface area contributed by atoms with Crippen molar-refractivity contribution in [2.24, 2.45) is 0 Å². The van der Waals surface area contributed by atoms with E-state index in [4.69, 9.17) is 16.3 Å². The van der Waals surface area contributed by atoms with Gasteiger partial charge in [0.05, 0.1) is 0 Å². The first-order valence-electron chi connectivity index (χ1n) is 6.61. The number of fused-ring (bicyclic) bond motifs is 1. The van der Waals surface area contributed by atoms with Gasteiger partial charge < -0.3 is 4.74 Å². The third-order valence-electron chi connectivity index (χ3n) is 3.30. The summed E-state index contributed by atoms with van der Waals surface area (Å²) in [5.74, 6) is 1.37. The Balaban J connectivity index is 2.04. The quantitative estimate of drug-likeness (QED) is 0.598. The zero-order valence-electron chi connectivity index (χ0n) is 11.5. The molecule has 0 amide bonds. The molecule has 0 aliphatic rings. The summed E-state index contributed by atoms with van der Waals surface area (Å²) >= 11 is 6.20. The van der Waals surface area contributed by atoms with E-state index >= 15 is 0 Å². The first-order valence-corrected chi connectivity index (χ1v) is 6.99. The van der Waals surface area contributed by atoms with Crippen molar-refractivity contribution in [1.29, 1.82) is 0 Å². The molecule has 0 saturated heterocycles. The summed E-state index contributed by atoms with van der Waals surface area (Å²) in [6, 6.07) is 18.6. The topological polar surface area (TPSA) is 26.3 Å². The number of Topliss-reactive ketones (excluding diaryl/α,β-unsaturated/α-hetero) is 1. The fourth-order valence-corrected chi connectivity index (χ4v) is 2.46. The highest BCUT2D eigenvalue weighted by molar-refractivity contribution is 6.35. The van der Waals surface area contributed by atoms with E-state index in [-0.39, 0.29) is 5.78 Å². The van der Waals surface area contributed by atoms with Crippen molar-refractivity contribution in [3.8, 4) is 11.5 Å². The Hall–Kier alpha value is -2.32. The Morgan fingerprint density at radius 3 is 2.48 bits per heavy atom. The molecule has 3 heteroatoms. The molecule has 0 saturated carbocycles. The van der Waals surface area contributed by atoms with Crippen LogP contribution in [0.4, 0.5) is 0 Å². The molecule has 3 rings (SSSR count). The van der Waals surface area contributed by atoms with Gasteiger partial charge in [-0.15, -0.1) is 0 Å². The Labute approximate surface area is 127 Å². The van der Waals surface area contributed by atoms with Gasteiger partial charge in [-0.05, 0) is 31.2 Å². The van der Waals surface area contributed by atoms with E-state index in [0.29, 0.717) is 16.3 Å². The second kappa shape index (κ2) is 5.58. The number of halogens is 1. The fourth-order valence-electron chi connectivity index (χ4n) is 2.23. The maximum atomic E-state index is 11.4. The van der Waals surface area contributed by atoms with Crippen molar-refractivity contribution >= 4 is 28.2 Å². The number of ketones is 1. The zero-order chi connectivity index (χ0) is 14.8. The molecule has 3 aromatic rings. The van der Waals surface area contributed by atoms with Gasteiger partial charge in [0.25, 0.3) is 0 Å². The van der Waals surface area contributed by atoms with Crippen LogP contribution in [0.1, 0.15) is 17.3 Å². The van der Waals surface area contributed by atoms with E-state index in [1.54, 1.807) is 12.1 Å². The Kier molecular flexibility index (Phi) is 3.63. The van der Waals surface area contributed by atoms with E-state index < -0.39 is 0 Å². The minimum atomic E-state index is 0.0152. The van der Waals surface area contributed by atoms with Crippen LogP contribution < -0.4 is 4.74 Å². The van der Waals surface area contributed by atoms with Gasteiger partial charge in [-0.2, -0.15) is 0 Å². The summed E-state index contributed by atoms with van der Waals surface area (Å²) in [7, 11) is 0. The molecular weight excluding hydrogens is 284 g/mol. The molecule has 3 aromatic carbocycles. The Morgan fingerprint density at radius 1 is 0.952 bits per heavy atom. The van der Waals surface area contributed by atoms with E-state index in [0.717, 1.165) is 16.5 Å². The molecule has 0 radical (unpaired) electrons. The number of carbonyl (C=O) groups is 1. The summed E-state index contributed by atoms with van der Waals surface area (Å²) in [4.78, 5) is 11.4. The molecule has 0 aliphatic carbocycles. The standard InChI is InChI=1S/C18H13ClO2/c1-12(20)13-5-4-6-14(11-13)21-18-10-9-17(19)15-7-2-3-8-16(15)18/h2-11H,1H3. The average Bonchev–Trinajstić information content (AvgIpc) is 2.51. The molecule has 0 atom stereocenters. The summed E-state index contributed by atoms with van der Waals surface area (Å²) < 4.78 is 5.93. The SMILES string of the molecule is CC(=O)c1cccc(Oc2ccc(Cl)c3ccccc23)c1. The van der Waals surface area contributed by atoms with E-state index in [2.05, 4.69) is 0 Å². The summed E-state index contributed by atoms with van der Waals surface area (Å²) in [6.07, 6.45) is 0. The lowest BCUT2D eigenvalue weighted by Gasteiger charge is -2.10. The van der Waals surface area contributed by atoms with Crippen molar-refractivity contribution in [1.82, 2.24) is 0 Å². The van der Waals surface area contributed by atoms with Crippen LogP contribution in [-0.4, -0.2) is 5.78 Å². The maximum absolute atomic E-state index is 11.4. The molecule has 104 valence electrons. The Bertz CT molecular complexity index is 824. The molecule has 0 N–H and O–H groups in total. The first kappa shape index (κ1) is 13.7. The van der Waals surface area contributed by atoms with Crippen LogP contribution in [0.25, 0.3) is 10.8 Å². The highest BCUT2D eigenvalue weighted by atomic mass is 35.5. The van der Waals surface area contributed by atoms with Gasteiger partial charge in [-0.1, -0.05) is 48.0 Å². The zero-order valence-corrected chi connectivity index (χ0v) is 12.2. The largest absolute Gasteiger partial charge is 0.457 e. The molecule has 0 aliphatic heterocycles. The van der Waals surface area contributed by atoms with Gasteiger partial charge in [-0.25, -0.2) is 0 Å². The van der Waals surface area contributed by atoms with E-state index in [1.807, 2.05) is 48.5 Å². The molecule has 21 heavy (non-hydrogen) atoms. The maximum Gasteiger partial charge on any atom is 0.159 e. The second-order valence-corrected chi connectivity index (χ2v) is 5.18. The molecule has 0 spiro atoms. The van der Waals surface area contributed by atoms with Crippen molar-refractivity contribution in [3.63, 3.8) is 0 Å². The van der Waals surface area contributed by atoms with Gasteiger partial charge in [0.15, 0.2) is 5.78 Å². The Morgan fingerprint density at radius 2 is 1.71 bits per heavy atom. The number of carbonyl (C=O) groups excluding carboxylic acids is 1. The lowest BCUT2D eigenvalue weighted by molar-refractivity contribution is 0.101. The third-order valence-corrected chi connectivity index (χ3v) is 3.63. The van der Waals surface area contributed by atoms with Crippen LogP contribution in [0, 0.1) is 0 Å². The molecule has 2 nitrogen and oxygen atoms in total. The second-order valence-electron chi connectivity index (χ2n) is 4.78. The lowest BCUT2D eigenvalue weighted by atomic mass is 10.1. The molecule has 0 fully saturated rings. The fraction of sp³-hybridized carbons (Fsp3) is 0.0556. The summed E-state index contributed by atoms with van der Waals surface area (Å²) in [6.45, 7) is 1.54. The van der Waals surface area contributed by atoms with Gasteiger partial charge in [0, 0.05) is 21.4 Å².